The standard InChI is InChI=1S/C32H34F6P2/c1-26(40(25-32(36,37)38,29-18-10-4-11-19-29)30-20-12-5-13-21-30)22-23-39(24-31(33,34)35,27-14-6-2-7-15-27)28-16-8-3-9-17-28/h2-21,26,39-40H,22-25H2,1H3. The number of hydrogen-bond acceptors (Lipinski definition) is 0. The van der Waals surface area contributed by atoms with Gasteiger partial charge in [0.15, 0.2) is 0 Å². The molecule has 0 radical (unpaired) electrons. The van der Waals surface area contributed by atoms with Crippen molar-refractivity contribution in [2.75, 3.05) is 18.5 Å². The molecule has 0 aromatic heterocycles. The second kappa shape index (κ2) is 12.5. The number of benzene rings is 4. The van der Waals surface area contributed by atoms with Crippen molar-refractivity contribution < 1.29 is 26.3 Å². The Morgan fingerprint density at radius 2 is 0.825 bits per heavy atom. The van der Waals surface area contributed by atoms with E-state index in [1.165, 1.54) is 0 Å². The molecule has 8 heteroatoms. The Kier molecular flexibility index (Phi) is 9.43. The average molecular weight is 595 g/mol. The predicted molar refractivity (Wildman–Crippen MR) is 162 cm³/mol. The zero-order valence-corrected chi connectivity index (χ0v) is 24.2. The third-order valence-corrected chi connectivity index (χ3v) is 18.7. The van der Waals surface area contributed by atoms with Gasteiger partial charge in [-0.15, -0.1) is 0 Å². The summed E-state index contributed by atoms with van der Waals surface area (Å²) in [4.78, 5) is 0. The van der Waals surface area contributed by atoms with Crippen LogP contribution in [-0.4, -0.2) is 36.5 Å². The van der Waals surface area contributed by atoms with Crippen LogP contribution in [0, 0.1) is 0 Å². The fourth-order valence-electron chi connectivity index (χ4n) is 6.22. The maximum absolute atomic E-state index is 14.4. The maximum atomic E-state index is 14.4. The first-order valence-corrected chi connectivity index (χ1v) is 18.0. The van der Waals surface area contributed by atoms with Crippen molar-refractivity contribution in [3.05, 3.63) is 121 Å². The third kappa shape index (κ3) is 6.96. The molecule has 4 aromatic carbocycles. The van der Waals surface area contributed by atoms with Gasteiger partial charge in [-0.1, -0.05) is 0 Å². The van der Waals surface area contributed by atoms with Crippen LogP contribution in [0.25, 0.3) is 0 Å². The first kappa shape index (κ1) is 30.3. The van der Waals surface area contributed by atoms with E-state index >= 15 is 0 Å². The van der Waals surface area contributed by atoms with Crippen LogP contribution < -0.4 is 21.2 Å². The van der Waals surface area contributed by atoms with Gasteiger partial charge in [-0.2, -0.15) is 0 Å². The Bertz CT molecular complexity index is 1250. The molecule has 0 spiro atoms. The zero-order valence-electron chi connectivity index (χ0n) is 22.2. The molecule has 214 valence electrons. The van der Waals surface area contributed by atoms with E-state index in [0.717, 1.165) is 0 Å². The summed E-state index contributed by atoms with van der Waals surface area (Å²) >= 11 is 0. The van der Waals surface area contributed by atoms with Crippen LogP contribution in [0.15, 0.2) is 121 Å². The summed E-state index contributed by atoms with van der Waals surface area (Å²) < 4.78 is 86.2. The van der Waals surface area contributed by atoms with Gasteiger partial charge >= 0.3 is 233 Å². The molecule has 0 N–H and O–H groups in total. The Morgan fingerprint density at radius 3 is 1.15 bits per heavy atom. The van der Waals surface area contributed by atoms with Gasteiger partial charge in [0.25, 0.3) is 0 Å². The summed E-state index contributed by atoms with van der Waals surface area (Å²) in [5.41, 5.74) is -0.480. The van der Waals surface area contributed by atoms with Crippen molar-refractivity contribution in [2.45, 2.75) is 31.4 Å². The normalized spacial score (nSPS) is 14.5. The molecule has 0 saturated carbocycles. The number of halogens is 6. The molecule has 0 bridgehead atoms. The summed E-state index contributed by atoms with van der Waals surface area (Å²) in [6.45, 7) is 1.82. The Hall–Kier alpha value is -2.68. The Morgan fingerprint density at radius 1 is 0.500 bits per heavy atom. The fraction of sp³-hybridized carbons (Fsp3) is 0.250. The SMILES string of the molecule is CC(CC[PH](CC(F)(F)F)(c1ccccc1)c1ccccc1)[PH](CC(F)(F)F)(c1ccccc1)c1ccccc1. The molecule has 1 unspecified atom stereocenters. The fourth-order valence-corrected chi connectivity index (χ4v) is 16.3. The summed E-state index contributed by atoms with van der Waals surface area (Å²) in [5, 5.41) is 2.59. The van der Waals surface area contributed by atoms with Crippen LogP contribution in [0.4, 0.5) is 26.3 Å². The molecule has 0 amide bonds. The van der Waals surface area contributed by atoms with Gasteiger partial charge in [0, 0.05) is 0 Å². The summed E-state index contributed by atoms with van der Waals surface area (Å²) in [6.07, 6.45) is -10.4. The van der Waals surface area contributed by atoms with Crippen molar-refractivity contribution in [3.63, 3.8) is 0 Å². The van der Waals surface area contributed by atoms with Gasteiger partial charge in [0.2, 0.25) is 0 Å². The summed E-state index contributed by atoms with van der Waals surface area (Å²) in [6, 6.07) is 35.1. The van der Waals surface area contributed by atoms with E-state index in [0.29, 0.717) is 21.2 Å². The van der Waals surface area contributed by atoms with E-state index in [4.69, 9.17) is 0 Å². The molecule has 0 aliphatic rings. The number of rotatable bonds is 10. The van der Waals surface area contributed by atoms with Crippen molar-refractivity contribution in [1.29, 1.82) is 0 Å². The molecule has 0 saturated heterocycles. The Labute approximate surface area is 233 Å². The van der Waals surface area contributed by atoms with E-state index in [1.54, 1.807) is 121 Å². The Balaban J connectivity index is 1.87. The summed E-state index contributed by atoms with van der Waals surface area (Å²) in [7, 11) is -7.00. The average Bonchev–Trinajstić information content (AvgIpc) is 2.94. The van der Waals surface area contributed by atoms with E-state index in [2.05, 4.69) is 0 Å². The van der Waals surface area contributed by atoms with Crippen LogP contribution >= 0.6 is 14.5 Å². The molecule has 0 nitrogen and oxygen atoms in total. The van der Waals surface area contributed by atoms with Crippen LogP contribution in [0.3, 0.4) is 0 Å². The van der Waals surface area contributed by atoms with Crippen molar-refractivity contribution >= 4 is 35.7 Å². The topological polar surface area (TPSA) is 0 Å². The zero-order chi connectivity index (χ0) is 28.9. The van der Waals surface area contributed by atoms with E-state index in [9.17, 15) is 26.3 Å². The monoisotopic (exact) mass is 594 g/mol. The summed E-state index contributed by atoms with van der Waals surface area (Å²) in [5.74, 6) is 0. The van der Waals surface area contributed by atoms with Gasteiger partial charge in [-0.25, -0.2) is 0 Å². The molecule has 0 aliphatic heterocycles. The van der Waals surface area contributed by atoms with E-state index < -0.39 is 44.9 Å². The minimum atomic E-state index is -4.44. The van der Waals surface area contributed by atoms with Crippen LogP contribution in [-0.2, 0) is 0 Å². The van der Waals surface area contributed by atoms with Crippen LogP contribution in [0.5, 0.6) is 0 Å². The third-order valence-electron chi connectivity index (χ3n) is 8.06. The van der Waals surface area contributed by atoms with E-state index in [1.807, 2.05) is 6.92 Å². The molecule has 1 atom stereocenters. The number of hydrogen-bond donors (Lipinski definition) is 0. The first-order valence-electron chi connectivity index (χ1n) is 13.3. The molecule has 4 rings (SSSR count). The molecule has 4 aromatic rings. The second-order valence-corrected chi connectivity index (χ2v) is 19.2. The number of alkyl halides is 6. The molecule has 40 heavy (non-hydrogen) atoms. The van der Waals surface area contributed by atoms with Gasteiger partial charge in [0.05, 0.1) is 0 Å². The van der Waals surface area contributed by atoms with Crippen LogP contribution in [0.1, 0.15) is 13.3 Å². The van der Waals surface area contributed by atoms with Gasteiger partial charge < -0.3 is 0 Å². The van der Waals surface area contributed by atoms with Gasteiger partial charge in [0.1, 0.15) is 0 Å². The van der Waals surface area contributed by atoms with Crippen molar-refractivity contribution in [1.82, 2.24) is 0 Å². The molecule has 0 aliphatic carbocycles. The minimum absolute atomic E-state index is 0.188. The molecule has 0 fully saturated rings. The first-order chi connectivity index (χ1) is 19.0. The van der Waals surface area contributed by atoms with Crippen LogP contribution in [0.2, 0.25) is 0 Å². The second-order valence-electron chi connectivity index (χ2n) is 10.5. The molecular weight excluding hydrogens is 560 g/mol. The van der Waals surface area contributed by atoms with Gasteiger partial charge in [-0.3, -0.25) is 0 Å². The van der Waals surface area contributed by atoms with Crippen molar-refractivity contribution in [3.8, 4) is 0 Å². The van der Waals surface area contributed by atoms with Gasteiger partial charge in [-0.05, 0) is 0 Å². The predicted octanol–water partition coefficient (Wildman–Crippen LogP) is 7.69. The quantitative estimate of drug-likeness (QED) is 0.131. The van der Waals surface area contributed by atoms with E-state index in [-0.39, 0.29) is 12.6 Å². The molecule has 0 heterocycles. The van der Waals surface area contributed by atoms with Crippen molar-refractivity contribution in [2.24, 2.45) is 0 Å². The molecular formula is C32H34F6P2.